The van der Waals surface area contributed by atoms with Crippen LogP contribution in [0.15, 0.2) is 30.3 Å². The Hall–Kier alpha value is -2.61. The highest BCUT2D eigenvalue weighted by molar-refractivity contribution is 5.86. The molecule has 1 heterocycles. The van der Waals surface area contributed by atoms with Crippen LogP contribution in [0.5, 0.6) is 0 Å². The number of para-hydroxylation sites is 1. The zero-order chi connectivity index (χ0) is 15.1. The maximum atomic E-state index is 11.5. The van der Waals surface area contributed by atoms with Crippen LogP contribution >= 0.6 is 0 Å². The van der Waals surface area contributed by atoms with E-state index in [1.165, 1.54) is 0 Å². The van der Waals surface area contributed by atoms with Crippen LogP contribution in [-0.4, -0.2) is 24.0 Å². The summed E-state index contributed by atoms with van der Waals surface area (Å²) in [5.74, 6) is 0.638. The molecule has 0 fully saturated rings. The van der Waals surface area contributed by atoms with Gasteiger partial charge in [0.1, 0.15) is 5.82 Å². The molecule has 2 aromatic rings. The van der Waals surface area contributed by atoms with E-state index in [9.17, 15) is 10.1 Å². The van der Waals surface area contributed by atoms with Crippen LogP contribution in [0.4, 0.5) is 5.82 Å². The molecule has 0 radical (unpaired) electrons. The van der Waals surface area contributed by atoms with Crippen molar-refractivity contribution in [1.29, 1.82) is 5.26 Å². The van der Waals surface area contributed by atoms with Crippen LogP contribution < -0.4 is 10.6 Å². The predicted molar refractivity (Wildman–Crippen MR) is 82.9 cm³/mol. The van der Waals surface area contributed by atoms with Crippen molar-refractivity contribution in [2.45, 2.75) is 19.8 Å². The lowest BCUT2D eigenvalue weighted by atomic mass is 10.1. The molecule has 0 saturated carbocycles. The van der Waals surface area contributed by atoms with Gasteiger partial charge in [0, 0.05) is 24.9 Å². The molecule has 5 nitrogen and oxygen atoms in total. The Morgan fingerprint density at radius 3 is 2.90 bits per heavy atom. The minimum Gasteiger partial charge on any atom is -0.369 e. The maximum Gasteiger partial charge on any atom is 0.221 e. The van der Waals surface area contributed by atoms with Gasteiger partial charge in [0.2, 0.25) is 5.91 Å². The zero-order valence-corrected chi connectivity index (χ0v) is 12.0. The number of nitrogens with zero attached hydrogens (tertiary/aromatic N) is 2. The first kappa shape index (κ1) is 14.8. The SMILES string of the molecule is CCCNC(=O)CCNc1cc(C#N)c2ccccc2n1. The third-order valence-corrected chi connectivity index (χ3v) is 3.07. The van der Waals surface area contributed by atoms with Gasteiger partial charge in [-0.1, -0.05) is 25.1 Å². The number of nitrogens with one attached hydrogen (secondary N) is 2. The van der Waals surface area contributed by atoms with E-state index in [4.69, 9.17) is 0 Å². The van der Waals surface area contributed by atoms with Crippen molar-refractivity contribution in [1.82, 2.24) is 10.3 Å². The number of fused-ring (bicyclic) bond motifs is 1. The van der Waals surface area contributed by atoms with Crippen LogP contribution in [0, 0.1) is 11.3 Å². The van der Waals surface area contributed by atoms with Gasteiger partial charge in [0.15, 0.2) is 0 Å². The Kier molecular flexibility index (Phi) is 5.10. The fourth-order valence-corrected chi connectivity index (χ4v) is 2.02. The molecule has 0 atom stereocenters. The van der Waals surface area contributed by atoms with Crippen molar-refractivity contribution in [2.75, 3.05) is 18.4 Å². The third-order valence-electron chi connectivity index (χ3n) is 3.07. The minimum absolute atomic E-state index is 0.0191. The number of hydrogen-bond donors (Lipinski definition) is 2. The lowest BCUT2D eigenvalue weighted by molar-refractivity contribution is -0.120. The van der Waals surface area contributed by atoms with E-state index in [1.54, 1.807) is 6.07 Å². The third kappa shape index (κ3) is 3.93. The highest BCUT2D eigenvalue weighted by atomic mass is 16.1. The first-order valence-electron chi connectivity index (χ1n) is 7.05. The summed E-state index contributed by atoms with van der Waals surface area (Å²) in [6.07, 6.45) is 1.31. The largest absolute Gasteiger partial charge is 0.369 e. The van der Waals surface area contributed by atoms with Gasteiger partial charge < -0.3 is 10.6 Å². The fourth-order valence-electron chi connectivity index (χ4n) is 2.02. The Labute approximate surface area is 124 Å². The molecule has 0 aliphatic rings. The second-order valence-electron chi connectivity index (χ2n) is 4.71. The molecule has 2 rings (SSSR count). The number of hydrogen-bond acceptors (Lipinski definition) is 4. The highest BCUT2D eigenvalue weighted by Gasteiger charge is 2.05. The van der Waals surface area contributed by atoms with Gasteiger partial charge in [0.05, 0.1) is 17.1 Å². The van der Waals surface area contributed by atoms with E-state index in [-0.39, 0.29) is 5.91 Å². The molecule has 5 heteroatoms. The zero-order valence-electron chi connectivity index (χ0n) is 12.0. The van der Waals surface area contributed by atoms with Gasteiger partial charge in [-0.3, -0.25) is 4.79 Å². The summed E-state index contributed by atoms with van der Waals surface area (Å²) in [6.45, 7) is 3.21. The van der Waals surface area contributed by atoms with Crippen molar-refractivity contribution in [3.63, 3.8) is 0 Å². The fraction of sp³-hybridized carbons (Fsp3) is 0.312. The summed E-state index contributed by atoms with van der Waals surface area (Å²) in [5, 5.41) is 16.0. The van der Waals surface area contributed by atoms with Gasteiger partial charge in [-0.25, -0.2) is 4.98 Å². The summed E-state index contributed by atoms with van der Waals surface area (Å²) in [4.78, 5) is 16.0. The molecule has 0 saturated heterocycles. The molecule has 2 N–H and O–H groups in total. The van der Waals surface area contributed by atoms with Gasteiger partial charge in [0.25, 0.3) is 0 Å². The lowest BCUT2D eigenvalue weighted by Gasteiger charge is -2.08. The Balaban J connectivity index is 2.03. The smallest absolute Gasteiger partial charge is 0.221 e. The van der Waals surface area contributed by atoms with E-state index in [1.807, 2.05) is 31.2 Å². The van der Waals surface area contributed by atoms with E-state index in [0.29, 0.717) is 30.9 Å². The average molecular weight is 282 g/mol. The molecule has 0 spiro atoms. The summed E-state index contributed by atoms with van der Waals surface area (Å²) in [7, 11) is 0. The Morgan fingerprint density at radius 1 is 1.33 bits per heavy atom. The van der Waals surface area contributed by atoms with Crippen molar-refractivity contribution in [3.8, 4) is 6.07 Å². The average Bonchev–Trinajstić information content (AvgIpc) is 2.52. The number of benzene rings is 1. The van der Waals surface area contributed by atoms with Crippen molar-refractivity contribution >= 4 is 22.6 Å². The number of carbonyl (C=O) groups excluding carboxylic acids is 1. The molecule has 0 aliphatic carbocycles. The number of amides is 1. The molecule has 0 aliphatic heterocycles. The Morgan fingerprint density at radius 2 is 2.14 bits per heavy atom. The first-order chi connectivity index (χ1) is 10.2. The molecule has 1 aromatic heterocycles. The van der Waals surface area contributed by atoms with Gasteiger partial charge in [-0.2, -0.15) is 5.26 Å². The molecule has 0 bridgehead atoms. The van der Waals surface area contributed by atoms with Crippen LogP contribution in [0.25, 0.3) is 10.9 Å². The molecule has 0 unspecified atom stereocenters. The topological polar surface area (TPSA) is 77.8 Å². The number of aromatic nitrogens is 1. The van der Waals surface area contributed by atoms with Gasteiger partial charge in [-0.05, 0) is 18.6 Å². The molecule has 1 amide bonds. The number of pyridine rings is 1. The van der Waals surface area contributed by atoms with Crippen molar-refractivity contribution < 1.29 is 4.79 Å². The molecular formula is C16H18N4O. The molecule has 21 heavy (non-hydrogen) atoms. The van der Waals surface area contributed by atoms with E-state index in [2.05, 4.69) is 21.7 Å². The van der Waals surface area contributed by atoms with Crippen LogP contribution in [0.2, 0.25) is 0 Å². The van der Waals surface area contributed by atoms with E-state index >= 15 is 0 Å². The van der Waals surface area contributed by atoms with Crippen LogP contribution in [-0.2, 0) is 4.79 Å². The maximum absolute atomic E-state index is 11.5. The normalized spacial score (nSPS) is 10.1. The van der Waals surface area contributed by atoms with Crippen molar-refractivity contribution in [2.24, 2.45) is 0 Å². The number of anilines is 1. The lowest BCUT2D eigenvalue weighted by Crippen LogP contribution is -2.25. The van der Waals surface area contributed by atoms with Crippen molar-refractivity contribution in [3.05, 3.63) is 35.9 Å². The summed E-state index contributed by atoms with van der Waals surface area (Å²) in [5.41, 5.74) is 1.35. The monoisotopic (exact) mass is 282 g/mol. The second kappa shape index (κ2) is 7.25. The minimum atomic E-state index is 0.0191. The standard InChI is InChI=1S/C16H18N4O/c1-2-8-19-16(21)7-9-18-15-10-12(11-17)13-5-3-4-6-14(13)20-15/h3-6,10H,2,7-9H2,1H3,(H,18,20)(H,19,21). The Bertz CT molecular complexity index is 676. The second-order valence-corrected chi connectivity index (χ2v) is 4.71. The number of carbonyl (C=O) groups is 1. The number of nitriles is 1. The van der Waals surface area contributed by atoms with E-state index < -0.39 is 0 Å². The van der Waals surface area contributed by atoms with Gasteiger partial charge in [-0.15, -0.1) is 0 Å². The van der Waals surface area contributed by atoms with Crippen LogP contribution in [0.1, 0.15) is 25.3 Å². The molecule has 1 aromatic carbocycles. The summed E-state index contributed by atoms with van der Waals surface area (Å²) in [6, 6.07) is 11.4. The first-order valence-corrected chi connectivity index (χ1v) is 7.05. The van der Waals surface area contributed by atoms with Crippen LogP contribution in [0.3, 0.4) is 0 Å². The summed E-state index contributed by atoms with van der Waals surface area (Å²) < 4.78 is 0. The predicted octanol–water partition coefficient (Wildman–Crippen LogP) is 2.43. The highest BCUT2D eigenvalue weighted by Crippen LogP contribution is 2.19. The number of rotatable bonds is 6. The summed E-state index contributed by atoms with van der Waals surface area (Å²) >= 11 is 0. The molecule has 108 valence electrons. The molecular weight excluding hydrogens is 264 g/mol. The quantitative estimate of drug-likeness (QED) is 0.853. The van der Waals surface area contributed by atoms with E-state index in [0.717, 1.165) is 17.3 Å². The van der Waals surface area contributed by atoms with Gasteiger partial charge >= 0.3 is 0 Å².